The van der Waals surface area contributed by atoms with Crippen LogP contribution in [0.15, 0.2) is 23.5 Å². The van der Waals surface area contributed by atoms with Gasteiger partial charge in [0.05, 0.1) is 5.76 Å². The molecule has 0 spiro atoms. The van der Waals surface area contributed by atoms with Crippen LogP contribution in [0.4, 0.5) is 0 Å². The Labute approximate surface area is 156 Å². The Morgan fingerprint density at radius 1 is 1.08 bits per heavy atom. The van der Waals surface area contributed by atoms with Gasteiger partial charge in [-0.2, -0.15) is 0 Å². The largest absolute Gasteiger partial charge is 0.512 e. The molecular formula is C22H32O4. The molecule has 3 rings (SSSR count). The first kappa shape index (κ1) is 19.2. The predicted octanol–water partition coefficient (Wildman–Crippen LogP) is 5.20. The van der Waals surface area contributed by atoms with Crippen molar-refractivity contribution in [2.75, 3.05) is 0 Å². The second-order valence-corrected chi connectivity index (χ2v) is 8.41. The molecule has 26 heavy (non-hydrogen) atoms. The summed E-state index contributed by atoms with van der Waals surface area (Å²) in [5.41, 5.74) is 0.871. The minimum Gasteiger partial charge on any atom is -0.512 e. The fourth-order valence-electron chi connectivity index (χ4n) is 5.21. The number of carboxylic acid groups (broad SMARTS) is 1. The van der Waals surface area contributed by atoms with Crippen LogP contribution in [0.2, 0.25) is 0 Å². The molecule has 4 heteroatoms. The molecule has 0 aromatic heterocycles. The summed E-state index contributed by atoms with van der Waals surface area (Å²) >= 11 is 0. The van der Waals surface area contributed by atoms with Gasteiger partial charge in [-0.1, -0.05) is 38.2 Å². The van der Waals surface area contributed by atoms with Gasteiger partial charge < -0.3 is 10.2 Å². The summed E-state index contributed by atoms with van der Waals surface area (Å²) in [6.45, 7) is 0. The number of aliphatic carboxylic acids is 1. The molecule has 3 aliphatic carbocycles. The van der Waals surface area contributed by atoms with E-state index in [-0.39, 0.29) is 30.0 Å². The van der Waals surface area contributed by atoms with E-state index in [0.29, 0.717) is 18.6 Å². The maximum atomic E-state index is 12.6. The number of unbranched alkanes of at least 4 members (excludes halogenated alkanes) is 1. The number of fused-ring (bicyclic) bond motifs is 1. The van der Waals surface area contributed by atoms with Gasteiger partial charge in [0.1, 0.15) is 0 Å². The van der Waals surface area contributed by atoms with E-state index in [2.05, 4.69) is 0 Å². The van der Waals surface area contributed by atoms with Crippen LogP contribution >= 0.6 is 0 Å². The number of Topliss-reactive ketones (excluding diaryl/α,β-unsaturated/α-hetero) is 1. The van der Waals surface area contributed by atoms with Crippen LogP contribution in [0.5, 0.6) is 0 Å². The van der Waals surface area contributed by atoms with E-state index in [4.69, 9.17) is 5.11 Å². The lowest BCUT2D eigenvalue weighted by Crippen LogP contribution is -2.14. The monoisotopic (exact) mass is 360 g/mol. The highest BCUT2D eigenvalue weighted by Crippen LogP contribution is 2.50. The van der Waals surface area contributed by atoms with Crippen LogP contribution in [0.25, 0.3) is 0 Å². The highest BCUT2D eigenvalue weighted by atomic mass is 16.4. The molecular weight excluding hydrogens is 328 g/mol. The second-order valence-electron chi connectivity index (χ2n) is 8.41. The molecule has 3 aliphatic rings. The van der Waals surface area contributed by atoms with Crippen LogP contribution in [0, 0.1) is 23.7 Å². The summed E-state index contributed by atoms with van der Waals surface area (Å²) < 4.78 is 0. The quantitative estimate of drug-likeness (QED) is 0.372. The van der Waals surface area contributed by atoms with Gasteiger partial charge in [0.25, 0.3) is 0 Å². The molecule has 4 nitrogen and oxygen atoms in total. The first-order valence-corrected chi connectivity index (χ1v) is 10.4. The number of aliphatic hydroxyl groups excluding tert-OH is 1. The molecule has 3 atom stereocenters. The van der Waals surface area contributed by atoms with Crippen molar-refractivity contribution in [3.8, 4) is 0 Å². The van der Waals surface area contributed by atoms with Gasteiger partial charge in [0.2, 0.25) is 0 Å². The summed E-state index contributed by atoms with van der Waals surface area (Å²) in [6, 6.07) is 0. The average Bonchev–Trinajstić information content (AvgIpc) is 3.18. The van der Waals surface area contributed by atoms with E-state index in [9.17, 15) is 14.7 Å². The Hall–Kier alpha value is -1.58. The molecule has 3 saturated carbocycles. The predicted molar refractivity (Wildman–Crippen MR) is 101 cm³/mol. The van der Waals surface area contributed by atoms with Crippen molar-refractivity contribution in [3.63, 3.8) is 0 Å². The Kier molecular flexibility index (Phi) is 6.55. The first-order chi connectivity index (χ1) is 12.6. The van der Waals surface area contributed by atoms with Crippen molar-refractivity contribution >= 4 is 11.8 Å². The fourth-order valence-corrected chi connectivity index (χ4v) is 5.21. The third-order valence-corrected chi connectivity index (χ3v) is 6.68. The number of allylic oxidation sites excluding steroid dienone is 4. The topological polar surface area (TPSA) is 74.6 Å². The van der Waals surface area contributed by atoms with Crippen molar-refractivity contribution < 1.29 is 19.8 Å². The van der Waals surface area contributed by atoms with E-state index < -0.39 is 5.97 Å². The maximum Gasteiger partial charge on any atom is 0.303 e. The number of carboxylic acids is 1. The van der Waals surface area contributed by atoms with Gasteiger partial charge in [-0.05, 0) is 62.0 Å². The summed E-state index contributed by atoms with van der Waals surface area (Å²) in [7, 11) is 0. The Bertz CT molecular complexity index is 583. The maximum absolute atomic E-state index is 12.6. The molecule has 0 aromatic rings. The van der Waals surface area contributed by atoms with Crippen molar-refractivity contribution in [2.45, 2.75) is 77.0 Å². The minimum atomic E-state index is -0.786. The van der Waals surface area contributed by atoms with Crippen LogP contribution in [0.3, 0.4) is 0 Å². The molecule has 2 unspecified atom stereocenters. The van der Waals surface area contributed by atoms with Crippen molar-refractivity contribution in [2.24, 2.45) is 23.7 Å². The molecule has 0 bridgehead atoms. The van der Waals surface area contributed by atoms with Gasteiger partial charge in [0.15, 0.2) is 5.78 Å². The Morgan fingerprint density at radius 2 is 1.85 bits per heavy atom. The molecule has 0 aromatic carbocycles. The molecule has 0 saturated heterocycles. The van der Waals surface area contributed by atoms with Crippen molar-refractivity contribution in [1.29, 1.82) is 0 Å². The number of carbonyl (C=O) groups is 2. The number of rotatable bonds is 7. The van der Waals surface area contributed by atoms with Crippen LogP contribution in [-0.2, 0) is 9.59 Å². The van der Waals surface area contributed by atoms with Crippen LogP contribution < -0.4 is 0 Å². The van der Waals surface area contributed by atoms with Gasteiger partial charge in [-0.25, -0.2) is 0 Å². The summed E-state index contributed by atoms with van der Waals surface area (Å²) in [5, 5.41) is 19.3. The molecule has 0 radical (unpaired) electrons. The second kappa shape index (κ2) is 8.88. The highest BCUT2D eigenvalue weighted by Gasteiger charge is 2.47. The number of aliphatic hydroxyl groups is 1. The zero-order chi connectivity index (χ0) is 18.5. The number of hydrogen-bond donors (Lipinski definition) is 2. The average molecular weight is 360 g/mol. The van der Waals surface area contributed by atoms with Gasteiger partial charge in [-0.3, -0.25) is 9.59 Å². The lowest BCUT2D eigenvalue weighted by Gasteiger charge is -2.21. The lowest BCUT2D eigenvalue weighted by molar-refractivity contribution is -0.137. The molecule has 144 valence electrons. The smallest absolute Gasteiger partial charge is 0.303 e. The SMILES string of the molecule is O=C(O)CCC/C=C1\CC2C(CC[C@@H]2/C(O)=C\CC2CCCCC2)C1=O. The van der Waals surface area contributed by atoms with Crippen LogP contribution in [0.1, 0.15) is 77.0 Å². The zero-order valence-electron chi connectivity index (χ0n) is 15.7. The molecule has 0 heterocycles. The van der Waals surface area contributed by atoms with E-state index >= 15 is 0 Å². The summed E-state index contributed by atoms with van der Waals surface area (Å²) in [4.78, 5) is 23.2. The van der Waals surface area contributed by atoms with E-state index in [1.165, 1.54) is 32.1 Å². The Balaban J connectivity index is 1.55. The molecule has 0 amide bonds. The van der Waals surface area contributed by atoms with Crippen LogP contribution in [-0.4, -0.2) is 22.0 Å². The van der Waals surface area contributed by atoms with Crippen molar-refractivity contribution in [1.82, 2.24) is 0 Å². The summed E-state index contributed by atoms with van der Waals surface area (Å²) in [5.74, 6) is 1.14. The number of hydrogen-bond acceptors (Lipinski definition) is 3. The van der Waals surface area contributed by atoms with E-state index in [1.54, 1.807) is 0 Å². The highest BCUT2D eigenvalue weighted by molar-refractivity contribution is 6.00. The standard InChI is InChI=1S/C22H32O4/c23-20(13-10-15-6-2-1-3-7-15)17-11-12-18-19(17)14-16(22(18)26)8-4-5-9-21(24)25/h8,13,15,17-19,23H,1-7,9-12,14H2,(H,24,25)/b16-8+,20-13+/t17-,18?,19?/m0/s1. The normalized spacial score (nSPS) is 31.5. The minimum absolute atomic E-state index is 0.0657. The zero-order valence-corrected chi connectivity index (χ0v) is 15.7. The number of ketones is 1. The molecule has 3 fully saturated rings. The lowest BCUT2D eigenvalue weighted by atomic mass is 9.85. The molecule has 0 aliphatic heterocycles. The van der Waals surface area contributed by atoms with Crippen molar-refractivity contribution in [3.05, 3.63) is 23.5 Å². The summed E-state index contributed by atoms with van der Waals surface area (Å²) in [6.07, 6.45) is 15.4. The third kappa shape index (κ3) is 4.57. The van der Waals surface area contributed by atoms with E-state index in [0.717, 1.165) is 37.2 Å². The van der Waals surface area contributed by atoms with E-state index in [1.807, 2.05) is 12.2 Å². The van der Waals surface area contributed by atoms with Gasteiger partial charge >= 0.3 is 5.97 Å². The first-order valence-electron chi connectivity index (χ1n) is 10.4. The fraction of sp³-hybridized carbons (Fsp3) is 0.727. The van der Waals surface area contributed by atoms with Gasteiger partial charge in [0, 0.05) is 18.3 Å². The Morgan fingerprint density at radius 3 is 2.58 bits per heavy atom. The molecule has 2 N–H and O–H groups in total. The van der Waals surface area contributed by atoms with Gasteiger partial charge in [-0.15, -0.1) is 0 Å². The number of carbonyl (C=O) groups excluding carboxylic acids is 1. The third-order valence-electron chi connectivity index (χ3n) is 6.68.